The average molecular weight is 450 g/mol. The molecule has 3 aromatic rings. The molecule has 0 aromatic heterocycles. The summed E-state index contributed by atoms with van der Waals surface area (Å²) < 4.78 is 5.91. The quantitative estimate of drug-likeness (QED) is 0.359. The zero-order valence-electron chi connectivity index (χ0n) is 18.2. The predicted octanol–water partition coefficient (Wildman–Crippen LogP) is 5.84. The van der Waals surface area contributed by atoms with E-state index < -0.39 is 5.97 Å². The van der Waals surface area contributed by atoms with E-state index in [9.17, 15) is 14.7 Å². The molecule has 32 heavy (non-hydrogen) atoms. The SMILES string of the molecule is CCC(CC)NC(=O)c1ccc(OCc2cccc(-c3cccc(C(=O)O)c3)c2)cc1S. The standard InChI is InChI=1S/C26H27NO4S/c1-3-21(4-2)27-25(28)23-12-11-22(15-24(23)32)31-16-17-7-5-8-18(13-17)19-9-6-10-20(14-19)26(29)30/h5-15,21,32H,3-4,16H2,1-2H3,(H,27,28)(H,29,30). The molecule has 0 saturated heterocycles. The molecule has 0 unspecified atom stereocenters. The van der Waals surface area contributed by atoms with E-state index in [1.54, 1.807) is 36.4 Å². The Bertz CT molecular complexity index is 1110. The van der Waals surface area contributed by atoms with Gasteiger partial charge in [0.2, 0.25) is 0 Å². The lowest BCUT2D eigenvalue weighted by molar-refractivity contribution is 0.0696. The second kappa shape index (κ2) is 10.9. The molecule has 0 heterocycles. The van der Waals surface area contributed by atoms with Crippen LogP contribution in [0.25, 0.3) is 11.1 Å². The number of amides is 1. The minimum Gasteiger partial charge on any atom is -0.489 e. The van der Waals surface area contributed by atoms with Crippen molar-refractivity contribution in [1.82, 2.24) is 5.32 Å². The minimum atomic E-state index is -0.953. The lowest BCUT2D eigenvalue weighted by Crippen LogP contribution is -2.34. The fourth-order valence-corrected chi connectivity index (χ4v) is 3.69. The van der Waals surface area contributed by atoms with Crippen molar-refractivity contribution >= 4 is 24.5 Å². The van der Waals surface area contributed by atoms with E-state index in [4.69, 9.17) is 4.74 Å². The summed E-state index contributed by atoms with van der Waals surface area (Å²) in [7, 11) is 0. The molecule has 6 heteroatoms. The number of aromatic carboxylic acids is 1. The second-order valence-corrected chi connectivity index (χ2v) is 8.02. The number of nitrogens with one attached hydrogen (secondary N) is 1. The van der Waals surface area contributed by atoms with Gasteiger partial charge in [0.05, 0.1) is 11.1 Å². The Hall–Kier alpha value is -3.25. The van der Waals surface area contributed by atoms with E-state index in [0.717, 1.165) is 29.5 Å². The monoisotopic (exact) mass is 449 g/mol. The van der Waals surface area contributed by atoms with Gasteiger partial charge < -0.3 is 15.2 Å². The number of thiol groups is 1. The first kappa shape index (κ1) is 23.4. The van der Waals surface area contributed by atoms with Gasteiger partial charge in [-0.15, -0.1) is 12.6 Å². The molecule has 0 spiro atoms. The molecule has 3 aromatic carbocycles. The lowest BCUT2D eigenvalue weighted by Gasteiger charge is -2.16. The Morgan fingerprint density at radius 3 is 2.31 bits per heavy atom. The Morgan fingerprint density at radius 1 is 0.969 bits per heavy atom. The molecular weight excluding hydrogens is 422 g/mol. The third-order valence-electron chi connectivity index (χ3n) is 5.31. The number of carboxylic acids is 1. The molecule has 3 rings (SSSR count). The van der Waals surface area contributed by atoms with Crippen molar-refractivity contribution < 1.29 is 19.4 Å². The number of rotatable bonds is 9. The van der Waals surface area contributed by atoms with Crippen molar-refractivity contribution in [2.24, 2.45) is 0 Å². The number of benzene rings is 3. The Kier molecular flexibility index (Phi) is 7.95. The molecule has 0 bridgehead atoms. The van der Waals surface area contributed by atoms with Gasteiger partial charge in [-0.25, -0.2) is 4.79 Å². The first-order valence-corrected chi connectivity index (χ1v) is 11.0. The van der Waals surface area contributed by atoms with Crippen LogP contribution in [0.3, 0.4) is 0 Å². The lowest BCUT2D eigenvalue weighted by atomic mass is 10.0. The molecule has 0 aliphatic rings. The van der Waals surface area contributed by atoms with Crippen molar-refractivity contribution in [3.8, 4) is 16.9 Å². The van der Waals surface area contributed by atoms with Gasteiger partial charge in [0.15, 0.2) is 0 Å². The van der Waals surface area contributed by atoms with Crippen LogP contribution < -0.4 is 10.1 Å². The van der Waals surface area contributed by atoms with Gasteiger partial charge in [0.25, 0.3) is 5.91 Å². The summed E-state index contributed by atoms with van der Waals surface area (Å²) in [5.74, 6) is -0.468. The molecule has 0 atom stereocenters. The largest absolute Gasteiger partial charge is 0.489 e. The highest BCUT2D eigenvalue weighted by Gasteiger charge is 2.14. The van der Waals surface area contributed by atoms with E-state index in [1.807, 2.05) is 44.2 Å². The van der Waals surface area contributed by atoms with Crippen LogP contribution in [0.4, 0.5) is 0 Å². The topological polar surface area (TPSA) is 75.6 Å². The van der Waals surface area contributed by atoms with Gasteiger partial charge in [-0.05, 0) is 65.9 Å². The van der Waals surface area contributed by atoms with Crippen LogP contribution in [0.1, 0.15) is 53.0 Å². The molecule has 166 valence electrons. The molecule has 0 fully saturated rings. The molecular formula is C26H27NO4S. The highest BCUT2D eigenvalue weighted by atomic mass is 32.1. The van der Waals surface area contributed by atoms with Crippen LogP contribution in [0.5, 0.6) is 5.75 Å². The van der Waals surface area contributed by atoms with Crippen molar-refractivity contribution in [1.29, 1.82) is 0 Å². The minimum absolute atomic E-state index is 0.133. The summed E-state index contributed by atoms with van der Waals surface area (Å²) in [6, 6.07) is 20.0. The normalized spacial score (nSPS) is 10.8. The summed E-state index contributed by atoms with van der Waals surface area (Å²) in [5, 5.41) is 12.2. The maximum absolute atomic E-state index is 12.5. The van der Waals surface area contributed by atoms with Crippen molar-refractivity contribution in [3.63, 3.8) is 0 Å². The number of carbonyl (C=O) groups excluding carboxylic acids is 1. The van der Waals surface area contributed by atoms with Gasteiger partial charge in [-0.2, -0.15) is 0 Å². The van der Waals surface area contributed by atoms with E-state index in [1.165, 1.54) is 0 Å². The highest BCUT2D eigenvalue weighted by molar-refractivity contribution is 7.80. The van der Waals surface area contributed by atoms with E-state index in [-0.39, 0.29) is 17.5 Å². The van der Waals surface area contributed by atoms with Gasteiger partial charge in [-0.1, -0.05) is 44.2 Å². The summed E-state index contributed by atoms with van der Waals surface area (Å²) >= 11 is 4.47. The maximum atomic E-state index is 12.5. The highest BCUT2D eigenvalue weighted by Crippen LogP contribution is 2.25. The van der Waals surface area contributed by atoms with E-state index >= 15 is 0 Å². The molecule has 0 aliphatic carbocycles. The third-order valence-corrected chi connectivity index (χ3v) is 5.68. The van der Waals surface area contributed by atoms with Crippen LogP contribution in [0.2, 0.25) is 0 Å². The number of hydrogen-bond donors (Lipinski definition) is 3. The summed E-state index contributed by atoms with van der Waals surface area (Å²) in [6.07, 6.45) is 1.76. The molecule has 2 N–H and O–H groups in total. The van der Waals surface area contributed by atoms with Gasteiger partial charge in [0.1, 0.15) is 12.4 Å². The first-order valence-electron chi connectivity index (χ1n) is 10.6. The fourth-order valence-electron chi connectivity index (χ4n) is 3.39. The van der Waals surface area contributed by atoms with Crippen LogP contribution in [-0.2, 0) is 6.61 Å². The number of carbonyl (C=O) groups is 2. The van der Waals surface area contributed by atoms with Crippen molar-refractivity contribution in [2.75, 3.05) is 0 Å². The predicted molar refractivity (Wildman–Crippen MR) is 129 cm³/mol. The second-order valence-electron chi connectivity index (χ2n) is 7.54. The maximum Gasteiger partial charge on any atom is 0.335 e. The van der Waals surface area contributed by atoms with Gasteiger partial charge in [0, 0.05) is 10.9 Å². The molecule has 0 saturated carbocycles. The summed E-state index contributed by atoms with van der Waals surface area (Å²) in [6.45, 7) is 4.43. The number of ether oxygens (including phenoxy) is 1. The fraction of sp³-hybridized carbons (Fsp3) is 0.231. The Balaban J connectivity index is 1.69. The van der Waals surface area contributed by atoms with Crippen LogP contribution in [-0.4, -0.2) is 23.0 Å². The number of carboxylic acid groups (broad SMARTS) is 1. The van der Waals surface area contributed by atoms with Crippen LogP contribution in [0.15, 0.2) is 71.6 Å². The van der Waals surface area contributed by atoms with Crippen LogP contribution in [0, 0.1) is 0 Å². The molecule has 0 aliphatic heterocycles. The Morgan fingerprint density at radius 2 is 1.66 bits per heavy atom. The van der Waals surface area contributed by atoms with Gasteiger partial charge in [-0.3, -0.25) is 4.79 Å². The molecule has 0 radical (unpaired) electrons. The molecule has 5 nitrogen and oxygen atoms in total. The zero-order chi connectivity index (χ0) is 23.1. The van der Waals surface area contributed by atoms with Gasteiger partial charge >= 0.3 is 5.97 Å². The summed E-state index contributed by atoms with van der Waals surface area (Å²) in [5.41, 5.74) is 3.46. The number of hydrogen-bond acceptors (Lipinski definition) is 4. The van der Waals surface area contributed by atoms with E-state index in [0.29, 0.717) is 22.8 Å². The molecule has 1 amide bonds. The van der Waals surface area contributed by atoms with Crippen LogP contribution >= 0.6 is 12.6 Å². The van der Waals surface area contributed by atoms with Crippen molar-refractivity contribution in [2.45, 2.75) is 44.2 Å². The van der Waals surface area contributed by atoms with E-state index in [2.05, 4.69) is 17.9 Å². The third kappa shape index (κ3) is 5.92. The smallest absolute Gasteiger partial charge is 0.335 e. The zero-order valence-corrected chi connectivity index (χ0v) is 19.1. The average Bonchev–Trinajstić information content (AvgIpc) is 2.81. The Labute approximate surface area is 193 Å². The van der Waals surface area contributed by atoms with Crippen molar-refractivity contribution in [3.05, 3.63) is 83.4 Å². The first-order chi connectivity index (χ1) is 15.4. The summed E-state index contributed by atoms with van der Waals surface area (Å²) in [4.78, 5) is 24.3.